The number of ether oxygens (including phenoxy) is 1. The molecule has 0 heterocycles. The lowest BCUT2D eigenvalue weighted by Gasteiger charge is -2.32. The molecule has 0 fully saturated rings. The van der Waals surface area contributed by atoms with E-state index >= 15 is 0 Å². The van der Waals surface area contributed by atoms with E-state index in [-0.39, 0.29) is 18.3 Å². The third-order valence-electron chi connectivity index (χ3n) is 4.20. The summed E-state index contributed by atoms with van der Waals surface area (Å²) in [6.45, 7) is 3.99. The Morgan fingerprint density at radius 3 is 2.23 bits per heavy atom. The maximum atomic E-state index is 11.9. The molecule has 4 heteroatoms. The summed E-state index contributed by atoms with van der Waals surface area (Å²) in [6, 6.07) is 0. The highest BCUT2D eigenvalue weighted by Gasteiger charge is 2.32. The zero-order valence-electron chi connectivity index (χ0n) is 13.7. The SMILES string of the molecule is CC1C=CC=CC1(C)OC(=O)CCCCCCCCC(=O)O. The van der Waals surface area contributed by atoms with Crippen LogP contribution in [-0.2, 0) is 14.3 Å². The highest BCUT2D eigenvalue weighted by atomic mass is 16.6. The van der Waals surface area contributed by atoms with E-state index in [4.69, 9.17) is 9.84 Å². The maximum absolute atomic E-state index is 11.9. The molecule has 0 radical (unpaired) electrons. The number of carbonyl (C=O) groups is 2. The van der Waals surface area contributed by atoms with Crippen LogP contribution in [0.3, 0.4) is 0 Å². The van der Waals surface area contributed by atoms with E-state index in [1.807, 2.05) is 38.2 Å². The van der Waals surface area contributed by atoms with E-state index in [0.29, 0.717) is 6.42 Å². The molecule has 2 atom stereocenters. The molecule has 22 heavy (non-hydrogen) atoms. The maximum Gasteiger partial charge on any atom is 0.306 e. The summed E-state index contributed by atoms with van der Waals surface area (Å²) in [5.74, 6) is -0.673. The van der Waals surface area contributed by atoms with Crippen molar-refractivity contribution in [3.63, 3.8) is 0 Å². The molecule has 1 rings (SSSR count). The van der Waals surface area contributed by atoms with Crippen LogP contribution in [0.4, 0.5) is 0 Å². The van der Waals surface area contributed by atoms with Crippen molar-refractivity contribution in [2.24, 2.45) is 5.92 Å². The highest BCUT2D eigenvalue weighted by Crippen LogP contribution is 2.28. The molecule has 124 valence electrons. The van der Waals surface area contributed by atoms with Crippen molar-refractivity contribution in [2.75, 3.05) is 0 Å². The van der Waals surface area contributed by atoms with Crippen molar-refractivity contribution in [3.8, 4) is 0 Å². The Morgan fingerprint density at radius 1 is 1.05 bits per heavy atom. The quantitative estimate of drug-likeness (QED) is 0.484. The Morgan fingerprint density at radius 2 is 1.64 bits per heavy atom. The van der Waals surface area contributed by atoms with Gasteiger partial charge in [0.05, 0.1) is 0 Å². The first kappa shape index (κ1) is 18.5. The first-order valence-corrected chi connectivity index (χ1v) is 8.24. The smallest absolute Gasteiger partial charge is 0.306 e. The molecule has 1 N–H and O–H groups in total. The van der Waals surface area contributed by atoms with Crippen molar-refractivity contribution in [2.45, 2.75) is 70.8 Å². The first-order chi connectivity index (χ1) is 10.4. The van der Waals surface area contributed by atoms with Gasteiger partial charge in [0.1, 0.15) is 5.60 Å². The predicted molar refractivity (Wildman–Crippen MR) is 86.5 cm³/mol. The summed E-state index contributed by atoms with van der Waals surface area (Å²) in [5.41, 5.74) is -0.525. The van der Waals surface area contributed by atoms with Crippen molar-refractivity contribution in [3.05, 3.63) is 24.3 Å². The third-order valence-corrected chi connectivity index (χ3v) is 4.20. The number of unbranched alkanes of at least 4 members (excludes halogenated alkanes) is 5. The van der Waals surface area contributed by atoms with E-state index in [9.17, 15) is 9.59 Å². The number of hydrogen-bond donors (Lipinski definition) is 1. The monoisotopic (exact) mass is 308 g/mol. The second-order valence-electron chi connectivity index (χ2n) is 6.21. The zero-order chi connectivity index (χ0) is 16.4. The van der Waals surface area contributed by atoms with Crippen LogP contribution >= 0.6 is 0 Å². The van der Waals surface area contributed by atoms with Crippen molar-refractivity contribution >= 4 is 11.9 Å². The molecule has 0 saturated heterocycles. The normalized spacial score (nSPS) is 23.5. The fraction of sp³-hybridized carbons (Fsp3) is 0.667. The Hall–Kier alpha value is -1.58. The topological polar surface area (TPSA) is 63.6 Å². The summed E-state index contributed by atoms with van der Waals surface area (Å²) in [5, 5.41) is 8.53. The van der Waals surface area contributed by atoms with Gasteiger partial charge in [-0.05, 0) is 25.8 Å². The van der Waals surface area contributed by atoms with Gasteiger partial charge in [0.15, 0.2) is 0 Å². The summed E-state index contributed by atoms with van der Waals surface area (Å²) in [7, 11) is 0. The van der Waals surface area contributed by atoms with Gasteiger partial charge in [-0.3, -0.25) is 9.59 Å². The van der Waals surface area contributed by atoms with Crippen LogP contribution in [0.15, 0.2) is 24.3 Å². The molecule has 2 unspecified atom stereocenters. The number of aliphatic carboxylic acids is 1. The fourth-order valence-corrected chi connectivity index (χ4v) is 2.50. The van der Waals surface area contributed by atoms with Gasteiger partial charge in [-0.25, -0.2) is 0 Å². The van der Waals surface area contributed by atoms with E-state index in [1.165, 1.54) is 0 Å². The number of carboxylic acids is 1. The Labute approximate surface area is 133 Å². The van der Waals surface area contributed by atoms with Crippen LogP contribution in [0.5, 0.6) is 0 Å². The summed E-state index contributed by atoms with van der Waals surface area (Å²) in [6.07, 6.45) is 14.2. The molecule has 0 aromatic carbocycles. The van der Waals surface area contributed by atoms with Crippen LogP contribution in [0.1, 0.15) is 65.2 Å². The lowest BCUT2D eigenvalue weighted by molar-refractivity contribution is -0.156. The van der Waals surface area contributed by atoms with Crippen LogP contribution in [-0.4, -0.2) is 22.6 Å². The van der Waals surface area contributed by atoms with Gasteiger partial charge in [0.25, 0.3) is 0 Å². The molecule has 0 aromatic heterocycles. The lowest BCUT2D eigenvalue weighted by atomic mass is 9.87. The number of allylic oxidation sites excluding steroid dienone is 2. The van der Waals surface area contributed by atoms with Crippen molar-refractivity contribution < 1.29 is 19.4 Å². The van der Waals surface area contributed by atoms with Crippen LogP contribution in [0, 0.1) is 5.92 Å². The minimum Gasteiger partial charge on any atom is -0.481 e. The minimum absolute atomic E-state index is 0.139. The van der Waals surface area contributed by atoms with Gasteiger partial charge in [0, 0.05) is 18.8 Å². The van der Waals surface area contributed by atoms with Gasteiger partial charge < -0.3 is 9.84 Å². The molecule has 1 aliphatic rings. The molecule has 0 aliphatic heterocycles. The molecule has 0 aromatic rings. The molecule has 0 bridgehead atoms. The highest BCUT2D eigenvalue weighted by molar-refractivity contribution is 5.70. The molecule has 1 aliphatic carbocycles. The zero-order valence-corrected chi connectivity index (χ0v) is 13.7. The molecule has 0 amide bonds. The second kappa shape index (κ2) is 9.44. The largest absolute Gasteiger partial charge is 0.481 e. The van der Waals surface area contributed by atoms with E-state index in [2.05, 4.69) is 0 Å². The Kier molecular flexibility index (Phi) is 7.92. The predicted octanol–water partition coefficient (Wildman–Crippen LogP) is 4.26. The van der Waals surface area contributed by atoms with E-state index < -0.39 is 11.6 Å². The van der Waals surface area contributed by atoms with Gasteiger partial charge >= 0.3 is 11.9 Å². The number of hydrogen-bond acceptors (Lipinski definition) is 3. The standard InChI is InChI=1S/C18H28O4/c1-15-11-9-10-14-18(15,2)22-17(21)13-8-6-4-3-5-7-12-16(19)20/h9-11,14-15H,3-8,12-13H2,1-2H3,(H,19,20). The van der Waals surface area contributed by atoms with Gasteiger partial charge in [-0.2, -0.15) is 0 Å². The number of rotatable bonds is 10. The van der Waals surface area contributed by atoms with Crippen LogP contribution in [0.2, 0.25) is 0 Å². The van der Waals surface area contributed by atoms with Gasteiger partial charge in [0.2, 0.25) is 0 Å². The number of esters is 1. The average molecular weight is 308 g/mol. The molecule has 4 nitrogen and oxygen atoms in total. The van der Waals surface area contributed by atoms with E-state index in [1.54, 1.807) is 0 Å². The van der Waals surface area contributed by atoms with Gasteiger partial charge in [-0.15, -0.1) is 0 Å². The molecular formula is C18H28O4. The summed E-state index contributed by atoms with van der Waals surface area (Å²) < 4.78 is 5.62. The first-order valence-electron chi connectivity index (χ1n) is 8.24. The minimum atomic E-state index is -0.725. The summed E-state index contributed by atoms with van der Waals surface area (Å²) in [4.78, 5) is 22.3. The molecule has 0 saturated carbocycles. The molecular weight excluding hydrogens is 280 g/mol. The lowest BCUT2D eigenvalue weighted by Crippen LogP contribution is -2.36. The Bertz CT molecular complexity index is 425. The number of carbonyl (C=O) groups excluding carboxylic acids is 1. The van der Waals surface area contributed by atoms with E-state index in [0.717, 1.165) is 38.5 Å². The summed E-state index contributed by atoms with van der Waals surface area (Å²) >= 11 is 0. The van der Waals surface area contributed by atoms with Crippen molar-refractivity contribution in [1.29, 1.82) is 0 Å². The van der Waals surface area contributed by atoms with Crippen molar-refractivity contribution in [1.82, 2.24) is 0 Å². The van der Waals surface area contributed by atoms with Crippen LogP contribution < -0.4 is 0 Å². The second-order valence-corrected chi connectivity index (χ2v) is 6.21. The number of carboxylic acid groups (broad SMARTS) is 1. The third kappa shape index (κ3) is 6.92. The fourth-order valence-electron chi connectivity index (χ4n) is 2.50. The Balaban J connectivity index is 2.08. The molecule has 0 spiro atoms. The van der Waals surface area contributed by atoms with Gasteiger partial charge in [-0.1, -0.05) is 50.8 Å². The average Bonchev–Trinajstić information content (AvgIpc) is 2.45. The van der Waals surface area contributed by atoms with Crippen LogP contribution in [0.25, 0.3) is 0 Å².